The van der Waals surface area contributed by atoms with E-state index in [1.807, 2.05) is 24.4 Å². The predicted octanol–water partition coefficient (Wildman–Crippen LogP) is 2.66. The maximum absolute atomic E-state index is 10.8. The minimum Gasteiger partial charge on any atom is -0.748 e. The van der Waals surface area contributed by atoms with Crippen LogP contribution in [-0.4, -0.2) is 25.8 Å². The molecule has 0 aliphatic heterocycles. The first-order valence-electron chi connectivity index (χ1n) is 6.71. The molecule has 2 heterocycles. The summed E-state index contributed by atoms with van der Waals surface area (Å²) >= 11 is 3.29. The van der Waals surface area contributed by atoms with Crippen molar-refractivity contribution in [3.8, 4) is 5.75 Å². The van der Waals surface area contributed by atoms with Gasteiger partial charge in [-0.15, -0.1) is 11.3 Å². The highest BCUT2D eigenvalue weighted by Gasteiger charge is 2.23. The number of nitrogens with zero attached hydrogens (tertiary/aromatic N) is 1. The van der Waals surface area contributed by atoms with Crippen LogP contribution in [0.25, 0.3) is 20.3 Å². The molecule has 118 valence electrons. The molecule has 0 N–H and O–H groups in total. The van der Waals surface area contributed by atoms with Gasteiger partial charge in [-0.1, -0.05) is 11.3 Å². The molecular formula is C14H15NO4S3. The van der Waals surface area contributed by atoms with Crippen LogP contribution in [0.1, 0.15) is 11.4 Å². The molecule has 0 bridgehead atoms. The molecule has 0 atom stereocenters. The summed E-state index contributed by atoms with van der Waals surface area (Å²) < 4.78 is 42.1. The van der Waals surface area contributed by atoms with Gasteiger partial charge in [0.1, 0.15) is 15.1 Å². The van der Waals surface area contributed by atoms with Gasteiger partial charge in [0.05, 0.1) is 17.2 Å². The van der Waals surface area contributed by atoms with Gasteiger partial charge < -0.3 is 9.29 Å². The summed E-state index contributed by atoms with van der Waals surface area (Å²) in [6, 6.07) is 4.04. The number of thiophene rings is 1. The topological polar surface area (TPSA) is 70.3 Å². The fraction of sp³-hybridized carbons (Fsp3) is 0.357. The number of methoxy groups -OCH3 is 1. The van der Waals surface area contributed by atoms with E-state index in [1.54, 1.807) is 29.8 Å². The number of fused-ring (bicyclic) bond motifs is 3. The lowest BCUT2D eigenvalue weighted by atomic mass is 10.2. The molecule has 1 aromatic carbocycles. The third-order valence-electron chi connectivity index (χ3n) is 3.55. The van der Waals surface area contributed by atoms with Crippen molar-refractivity contribution in [1.29, 1.82) is 0 Å². The minimum absolute atomic E-state index is 0.321. The van der Waals surface area contributed by atoms with Gasteiger partial charge in [0.15, 0.2) is 6.54 Å². The lowest BCUT2D eigenvalue weighted by molar-refractivity contribution is -0.672. The van der Waals surface area contributed by atoms with E-state index < -0.39 is 10.1 Å². The van der Waals surface area contributed by atoms with Gasteiger partial charge in [-0.05, 0) is 11.4 Å². The molecule has 8 heteroatoms. The van der Waals surface area contributed by atoms with Crippen LogP contribution in [0.2, 0.25) is 0 Å². The molecule has 0 saturated carbocycles. The molecule has 3 rings (SSSR count). The number of benzene rings is 1. The van der Waals surface area contributed by atoms with Crippen LogP contribution < -0.4 is 9.30 Å². The number of thiazole rings is 1. The molecule has 5 nitrogen and oxygen atoms in total. The van der Waals surface area contributed by atoms with Crippen molar-refractivity contribution in [2.45, 2.75) is 19.9 Å². The second-order valence-electron chi connectivity index (χ2n) is 4.98. The van der Waals surface area contributed by atoms with Crippen molar-refractivity contribution >= 4 is 53.1 Å². The van der Waals surface area contributed by atoms with Crippen molar-refractivity contribution in [3.63, 3.8) is 0 Å². The van der Waals surface area contributed by atoms with E-state index in [0.29, 0.717) is 13.0 Å². The van der Waals surface area contributed by atoms with Crippen LogP contribution in [0.4, 0.5) is 0 Å². The Kier molecular flexibility index (Phi) is 4.11. The lowest BCUT2D eigenvalue weighted by Gasteiger charge is -2.05. The fourth-order valence-electron chi connectivity index (χ4n) is 2.61. The Morgan fingerprint density at radius 1 is 1.41 bits per heavy atom. The van der Waals surface area contributed by atoms with Gasteiger partial charge in [-0.2, -0.15) is 4.57 Å². The highest BCUT2D eigenvalue weighted by molar-refractivity contribution is 7.85. The molecule has 0 aliphatic carbocycles. The summed E-state index contributed by atoms with van der Waals surface area (Å²) in [4.78, 5) is 0. The molecule has 0 fully saturated rings. The van der Waals surface area contributed by atoms with Gasteiger partial charge in [0.2, 0.25) is 10.5 Å². The Morgan fingerprint density at radius 3 is 2.86 bits per heavy atom. The maximum atomic E-state index is 10.8. The first kappa shape index (κ1) is 15.7. The minimum atomic E-state index is -4.16. The Bertz CT molecular complexity index is 940. The summed E-state index contributed by atoms with van der Waals surface area (Å²) in [5.74, 6) is 0.514. The first-order valence-corrected chi connectivity index (χ1v) is 9.99. The Balaban J connectivity index is 2.10. The van der Waals surface area contributed by atoms with Crippen molar-refractivity contribution < 1.29 is 22.3 Å². The van der Waals surface area contributed by atoms with Crippen molar-refractivity contribution in [2.75, 3.05) is 12.9 Å². The molecule has 0 amide bonds. The molecule has 0 spiro atoms. The molecular weight excluding hydrogens is 342 g/mol. The van der Waals surface area contributed by atoms with Crippen LogP contribution in [0, 0.1) is 6.92 Å². The van der Waals surface area contributed by atoms with E-state index in [-0.39, 0.29) is 5.75 Å². The summed E-state index contributed by atoms with van der Waals surface area (Å²) in [7, 11) is -2.50. The smallest absolute Gasteiger partial charge is 0.241 e. The molecule has 0 radical (unpaired) electrons. The zero-order valence-electron chi connectivity index (χ0n) is 12.2. The highest BCUT2D eigenvalue weighted by Crippen LogP contribution is 2.38. The molecule has 0 saturated heterocycles. The van der Waals surface area contributed by atoms with Gasteiger partial charge >= 0.3 is 0 Å². The number of hydrogen-bond donors (Lipinski definition) is 0. The Hall–Kier alpha value is -1.22. The van der Waals surface area contributed by atoms with E-state index in [2.05, 4.69) is 4.57 Å². The van der Waals surface area contributed by atoms with Crippen LogP contribution in [0.5, 0.6) is 5.75 Å². The van der Waals surface area contributed by atoms with Crippen LogP contribution in [0.15, 0.2) is 17.5 Å². The second-order valence-corrected chi connectivity index (χ2v) is 8.65. The third kappa shape index (κ3) is 2.83. The van der Waals surface area contributed by atoms with Crippen molar-refractivity contribution in [1.82, 2.24) is 0 Å². The van der Waals surface area contributed by atoms with E-state index in [4.69, 9.17) is 4.74 Å². The summed E-state index contributed by atoms with van der Waals surface area (Å²) in [6.07, 6.45) is 0.321. The van der Waals surface area contributed by atoms with Gasteiger partial charge in [-0.3, -0.25) is 0 Å². The van der Waals surface area contributed by atoms with E-state index in [1.165, 1.54) is 0 Å². The maximum Gasteiger partial charge on any atom is 0.241 e. The third-order valence-corrected chi connectivity index (χ3v) is 6.30. The van der Waals surface area contributed by atoms with E-state index >= 15 is 0 Å². The van der Waals surface area contributed by atoms with Gasteiger partial charge in [0, 0.05) is 30.6 Å². The zero-order valence-corrected chi connectivity index (χ0v) is 14.6. The zero-order chi connectivity index (χ0) is 15.9. The van der Waals surface area contributed by atoms with Crippen LogP contribution in [0.3, 0.4) is 0 Å². The van der Waals surface area contributed by atoms with Crippen molar-refractivity contribution in [3.05, 3.63) is 22.5 Å². The first-order chi connectivity index (χ1) is 10.4. The van der Waals surface area contributed by atoms with Crippen LogP contribution in [-0.2, 0) is 16.7 Å². The molecule has 3 aromatic rings. The van der Waals surface area contributed by atoms with Gasteiger partial charge in [-0.25, -0.2) is 8.42 Å². The summed E-state index contributed by atoms with van der Waals surface area (Å²) in [5.41, 5.74) is 1.09. The molecule has 0 aliphatic rings. The predicted molar refractivity (Wildman–Crippen MR) is 87.9 cm³/mol. The highest BCUT2D eigenvalue weighted by atomic mass is 32.2. The second kappa shape index (κ2) is 5.77. The average Bonchev–Trinajstić information content (AvgIpc) is 3.01. The van der Waals surface area contributed by atoms with Crippen LogP contribution >= 0.6 is 22.7 Å². The Morgan fingerprint density at radius 2 is 2.18 bits per heavy atom. The van der Waals surface area contributed by atoms with Gasteiger partial charge in [0.25, 0.3) is 0 Å². The van der Waals surface area contributed by atoms with Crippen molar-refractivity contribution in [2.24, 2.45) is 0 Å². The monoisotopic (exact) mass is 357 g/mol. The number of rotatable bonds is 5. The van der Waals surface area contributed by atoms with E-state index in [9.17, 15) is 13.0 Å². The normalized spacial score (nSPS) is 12.3. The standard InChI is InChI=1S/C14H15NO4S3/c1-9-15(5-3-7-22(16,17)18)13-12(21-9)8-11(19-2)10-4-6-20-14(10)13/h4,6,8H,3,5,7H2,1-2H3. The number of aromatic nitrogens is 1. The van der Waals surface area contributed by atoms with E-state index in [0.717, 1.165) is 31.1 Å². The Labute approximate surface area is 136 Å². The number of hydrogen-bond acceptors (Lipinski definition) is 6. The summed E-state index contributed by atoms with van der Waals surface area (Å²) in [5, 5.41) is 4.16. The molecule has 2 aromatic heterocycles. The number of aryl methyl sites for hydroxylation is 2. The quantitative estimate of drug-likeness (QED) is 0.520. The molecule has 0 unspecified atom stereocenters. The lowest BCUT2D eigenvalue weighted by Crippen LogP contribution is -2.36. The molecule has 22 heavy (non-hydrogen) atoms. The summed E-state index contributed by atoms with van der Waals surface area (Å²) in [6.45, 7) is 2.52. The number of ether oxygens (including phenoxy) is 1. The SMILES string of the molecule is COc1cc2sc(C)[n+](CCCS(=O)(=O)[O-])c2c2sccc12. The average molecular weight is 357 g/mol. The fourth-order valence-corrected chi connectivity index (χ4v) is 5.21. The largest absolute Gasteiger partial charge is 0.748 e.